The van der Waals surface area contributed by atoms with Crippen LogP contribution in [0, 0.1) is 5.92 Å². The standard InChI is InChI=1S/C41H49N5O8S/c1-40(2,3)54-39(50)43-32-19-11-6-4-5-10-17-28-24-41(28,38(49)45-55(51,52)30-20-21-30)44-35(47)34-23-29(25-46(34)37(32)48)53-36-31-18-13-12-16-27(31)22-33(42-36)26-14-8-7-9-15-26/h7-10,12-18,22,28-30,32,34H,4-6,11,19-21,23-25H2,1-3H3,(H,43,50)(H,44,47)(H,45,49)/t28-,29-,32+,34+,41-/m1/s1. The maximum absolute atomic E-state index is 14.6. The Bertz CT molecular complexity index is 2100. The fraction of sp³-hybridized carbons (Fsp3) is 0.488. The Labute approximate surface area is 321 Å². The van der Waals surface area contributed by atoms with Crippen LogP contribution in [0.25, 0.3) is 22.0 Å². The summed E-state index contributed by atoms with van der Waals surface area (Å²) in [5, 5.41) is 6.69. The molecule has 1 aromatic heterocycles. The van der Waals surface area contributed by atoms with Gasteiger partial charge in [-0.3, -0.25) is 19.1 Å². The molecule has 3 fully saturated rings. The van der Waals surface area contributed by atoms with Crippen molar-refractivity contribution < 1.29 is 37.1 Å². The first kappa shape index (κ1) is 38.3. The van der Waals surface area contributed by atoms with E-state index in [-0.39, 0.29) is 19.4 Å². The largest absolute Gasteiger partial charge is 0.472 e. The van der Waals surface area contributed by atoms with Crippen molar-refractivity contribution in [1.29, 1.82) is 0 Å². The van der Waals surface area contributed by atoms with Crippen molar-refractivity contribution in [3.63, 3.8) is 0 Å². The molecule has 292 valence electrons. The van der Waals surface area contributed by atoms with Crippen LogP contribution >= 0.6 is 0 Å². The molecule has 4 amide bonds. The zero-order valence-electron chi connectivity index (χ0n) is 31.5. The number of carbonyl (C=O) groups excluding carboxylic acids is 4. The number of fused-ring (bicyclic) bond motifs is 3. The lowest BCUT2D eigenvalue weighted by Gasteiger charge is -2.30. The lowest BCUT2D eigenvalue weighted by molar-refractivity contribution is -0.141. The molecular formula is C41H49N5O8S. The van der Waals surface area contributed by atoms with Crippen LogP contribution in [0.5, 0.6) is 5.88 Å². The summed E-state index contributed by atoms with van der Waals surface area (Å²) in [5.74, 6) is -1.96. The van der Waals surface area contributed by atoms with Crippen LogP contribution in [-0.2, 0) is 29.1 Å². The summed E-state index contributed by atoms with van der Waals surface area (Å²) in [6.07, 6.45) is 6.80. The smallest absolute Gasteiger partial charge is 0.408 e. The first-order valence-corrected chi connectivity index (χ1v) is 20.7. The van der Waals surface area contributed by atoms with Gasteiger partial charge in [-0.1, -0.05) is 73.5 Å². The molecule has 13 nitrogen and oxygen atoms in total. The van der Waals surface area contributed by atoms with Gasteiger partial charge in [0.25, 0.3) is 5.91 Å². The molecule has 14 heteroatoms. The van der Waals surface area contributed by atoms with E-state index in [0.29, 0.717) is 43.7 Å². The van der Waals surface area contributed by atoms with Crippen LogP contribution in [-0.4, -0.2) is 83.2 Å². The van der Waals surface area contributed by atoms with Gasteiger partial charge >= 0.3 is 6.09 Å². The van der Waals surface area contributed by atoms with Crippen LogP contribution in [0.3, 0.4) is 0 Å². The molecule has 2 saturated carbocycles. The summed E-state index contributed by atoms with van der Waals surface area (Å²) in [7, 11) is -3.89. The SMILES string of the molecule is CC(C)(C)OC(=O)N[C@H]1CCCCCC=C[C@@H]2C[C@@]2(C(=O)NS(=O)(=O)C2CC2)NC(=O)[C@@H]2C[C@@H](Oc3nc(-c4ccccc4)cc4ccccc34)CN2C1=O. The van der Waals surface area contributed by atoms with Gasteiger partial charge in [-0.2, -0.15) is 0 Å². The molecule has 55 heavy (non-hydrogen) atoms. The molecule has 0 radical (unpaired) electrons. The Morgan fingerprint density at radius 2 is 1.73 bits per heavy atom. The number of hydrogen-bond donors (Lipinski definition) is 3. The van der Waals surface area contributed by atoms with Crippen LogP contribution in [0.15, 0.2) is 72.8 Å². The number of benzene rings is 2. The monoisotopic (exact) mass is 771 g/mol. The fourth-order valence-electron chi connectivity index (χ4n) is 7.47. The average molecular weight is 772 g/mol. The van der Waals surface area contributed by atoms with E-state index in [4.69, 9.17) is 14.5 Å². The lowest BCUT2D eigenvalue weighted by atomic mass is 10.0. The lowest BCUT2D eigenvalue weighted by Crippen LogP contribution is -2.58. The van der Waals surface area contributed by atoms with Gasteiger partial charge in [0.2, 0.25) is 27.7 Å². The number of sulfonamides is 1. The highest BCUT2D eigenvalue weighted by molar-refractivity contribution is 7.91. The molecule has 3 aromatic rings. The van der Waals surface area contributed by atoms with E-state index in [2.05, 4.69) is 15.4 Å². The van der Waals surface area contributed by atoms with Crippen LogP contribution in [0.1, 0.15) is 78.6 Å². The van der Waals surface area contributed by atoms with Crippen molar-refractivity contribution in [2.24, 2.45) is 5.92 Å². The number of rotatable bonds is 7. The molecule has 2 aliphatic heterocycles. The van der Waals surface area contributed by atoms with E-state index in [9.17, 15) is 27.6 Å². The van der Waals surface area contributed by atoms with Gasteiger partial charge in [-0.25, -0.2) is 18.2 Å². The third kappa shape index (κ3) is 8.79. The van der Waals surface area contributed by atoms with E-state index in [0.717, 1.165) is 29.2 Å². The van der Waals surface area contributed by atoms with Gasteiger partial charge in [0.1, 0.15) is 29.3 Å². The summed E-state index contributed by atoms with van der Waals surface area (Å²) in [6.45, 7) is 5.20. The molecule has 0 unspecified atom stereocenters. The Morgan fingerprint density at radius 3 is 2.47 bits per heavy atom. The maximum atomic E-state index is 14.6. The predicted octanol–water partition coefficient (Wildman–Crippen LogP) is 5.15. The highest BCUT2D eigenvalue weighted by Gasteiger charge is 2.62. The second kappa shape index (κ2) is 15.3. The number of nitrogens with zero attached hydrogens (tertiary/aromatic N) is 2. The summed E-state index contributed by atoms with van der Waals surface area (Å²) in [6, 6.07) is 17.2. The number of aromatic nitrogens is 1. The number of amides is 4. The molecule has 0 bridgehead atoms. The van der Waals surface area contributed by atoms with Gasteiger partial charge in [0.15, 0.2) is 0 Å². The first-order chi connectivity index (χ1) is 26.2. The van der Waals surface area contributed by atoms with Gasteiger partial charge in [0, 0.05) is 23.3 Å². The van der Waals surface area contributed by atoms with E-state index in [1.165, 1.54) is 4.90 Å². The number of carbonyl (C=O) groups is 4. The van der Waals surface area contributed by atoms with Crippen molar-refractivity contribution in [3.05, 3.63) is 72.8 Å². The second-order valence-corrected chi connectivity index (χ2v) is 18.1. The number of pyridine rings is 1. The number of allylic oxidation sites excluding steroid dienone is 1. The average Bonchev–Trinajstić information content (AvgIpc) is 4.07. The zero-order chi connectivity index (χ0) is 39.0. The van der Waals surface area contributed by atoms with Crippen LogP contribution in [0.4, 0.5) is 4.79 Å². The number of ether oxygens (including phenoxy) is 2. The van der Waals surface area contributed by atoms with Crippen molar-refractivity contribution in [2.75, 3.05) is 6.54 Å². The molecule has 3 N–H and O–H groups in total. The van der Waals surface area contributed by atoms with E-state index in [1.54, 1.807) is 20.8 Å². The van der Waals surface area contributed by atoms with E-state index < -0.39 is 74.3 Å². The quantitative estimate of drug-likeness (QED) is 0.275. The molecule has 2 aliphatic carbocycles. The Morgan fingerprint density at radius 1 is 0.982 bits per heavy atom. The Kier molecular flexibility index (Phi) is 10.6. The third-order valence-electron chi connectivity index (χ3n) is 10.6. The summed E-state index contributed by atoms with van der Waals surface area (Å²) >= 11 is 0. The molecule has 7 rings (SSSR count). The molecule has 0 spiro atoms. The predicted molar refractivity (Wildman–Crippen MR) is 206 cm³/mol. The van der Waals surface area contributed by atoms with E-state index in [1.807, 2.05) is 72.8 Å². The van der Waals surface area contributed by atoms with Crippen molar-refractivity contribution in [1.82, 2.24) is 25.2 Å². The first-order valence-electron chi connectivity index (χ1n) is 19.2. The Hall–Kier alpha value is -4.98. The topological polar surface area (TPSA) is 173 Å². The van der Waals surface area contributed by atoms with Gasteiger partial charge in [-0.15, -0.1) is 0 Å². The van der Waals surface area contributed by atoms with Gasteiger partial charge in [-0.05, 0) is 76.8 Å². The molecule has 5 atom stereocenters. The van der Waals surface area contributed by atoms with Crippen molar-refractivity contribution >= 4 is 44.6 Å². The number of nitrogens with one attached hydrogen (secondary N) is 3. The minimum Gasteiger partial charge on any atom is -0.472 e. The van der Waals surface area contributed by atoms with E-state index >= 15 is 0 Å². The number of hydrogen-bond acceptors (Lipinski definition) is 9. The summed E-state index contributed by atoms with van der Waals surface area (Å²) < 4.78 is 40.1. The molecule has 4 aliphatic rings. The van der Waals surface area contributed by atoms with Crippen LogP contribution in [0.2, 0.25) is 0 Å². The molecule has 3 heterocycles. The molecular weight excluding hydrogens is 723 g/mol. The normalized spacial score (nSPS) is 26.1. The molecule has 2 aromatic carbocycles. The second-order valence-electron chi connectivity index (χ2n) is 16.1. The van der Waals surface area contributed by atoms with Crippen molar-refractivity contribution in [2.45, 2.75) is 113 Å². The minimum absolute atomic E-state index is 0.00637. The maximum Gasteiger partial charge on any atom is 0.408 e. The molecule has 1 saturated heterocycles. The highest BCUT2D eigenvalue weighted by atomic mass is 32.2. The zero-order valence-corrected chi connectivity index (χ0v) is 32.3. The summed E-state index contributed by atoms with van der Waals surface area (Å²) in [5.41, 5.74) is -0.719. The fourth-order valence-corrected chi connectivity index (χ4v) is 8.83. The highest BCUT2D eigenvalue weighted by Crippen LogP contribution is 2.46. The van der Waals surface area contributed by atoms with Gasteiger partial charge < -0.3 is 25.0 Å². The number of alkyl carbamates (subject to hydrolysis) is 1. The minimum atomic E-state index is -3.89. The van der Waals surface area contributed by atoms with Crippen molar-refractivity contribution in [3.8, 4) is 17.1 Å². The Balaban J connectivity index is 1.21. The van der Waals surface area contributed by atoms with Gasteiger partial charge in [0.05, 0.1) is 17.5 Å². The van der Waals surface area contributed by atoms with Crippen LogP contribution < -0.4 is 20.1 Å². The third-order valence-corrected chi connectivity index (χ3v) is 12.4. The summed E-state index contributed by atoms with van der Waals surface area (Å²) in [4.78, 5) is 62.1.